The van der Waals surface area contributed by atoms with Crippen LogP contribution < -0.4 is 3.87 Å². The van der Waals surface area contributed by atoms with Gasteiger partial charge >= 0.3 is 145 Å². The minimum atomic E-state index is -0.548. The third kappa shape index (κ3) is 5.48. The molecule has 0 heterocycles. The van der Waals surface area contributed by atoms with Gasteiger partial charge in [-0.3, -0.25) is 0 Å². The Kier molecular flexibility index (Phi) is 9.58. The number of halogens is 2. The van der Waals surface area contributed by atoms with Gasteiger partial charge in [0, 0.05) is 0 Å². The van der Waals surface area contributed by atoms with Gasteiger partial charge in [-0.25, -0.2) is 0 Å². The topological polar surface area (TPSA) is 9.23 Å². The largest absolute Gasteiger partial charge is 0.147 e. The Morgan fingerprint density at radius 3 is 2.08 bits per heavy atom. The van der Waals surface area contributed by atoms with E-state index in [1.807, 2.05) is 0 Å². The van der Waals surface area contributed by atoms with Crippen LogP contribution in [-0.2, 0) is 22.9 Å². The molecule has 0 aliphatic heterocycles. The van der Waals surface area contributed by atoms with Crippen LogP contribution >= 0.6 is 24.8 Å². The molecule has 134 valence electrons. The van der Waals surface area contributed by atoms with Crippen LogP contribution in [0.4, 0.5) is 0 Å². The molecule has 4 heteroatoms. The molecular weight excluding hydrogens is 375 g/mol. The predicted molar refractivity (Wildman–Crippen MR) is 106 cm³/mol. The molecule has 0 radical (unpaired) electrons. The number of benzene rings is 1. The van der Waals surface area contributed by atoms with Gasteiger partial charge < -0.3 is 0 Å². The molecular formula is C20H30Cl2OTi. The van der Waals surface area contributed by atoms with Crippen molar-refractivity contribution >= 4 is 34.3 Å². The molecule has 0 amide bonds. The summed E-state index contributed by atoms with van der Waals surface area (Å²) in [4.78, 5) is 0. The van der Waals surface area contributed by atoms with Gasteiger partial charge in [-0.2, -0.15) is 0 Å². The van der Waals surface area contributed by atoms with Gasteiger partial charge in [0.05, 0.1) is 0 Å². The third-order valence-corrected chi connectivity index (χ3v) is 6.02. The maximum absolute atomic E-state index is 6.10. The Labute approximate surface area is 169 Å². The molecule has 1 atom stereocenters. The molecule has 0 bridgehead atoms. The summed E-state index contributed by atoms with van der Waals surface area (Å²) in [6, 6.07) is 8.84. The van der Waals surface area contributed by atoms with Gasteiger partial charge in [0.15, 0.2) is 0 Å². The average molecular weight is 405 g/mol. The number of hydrogen-bond donors (Lipinski definition) is 0. The molecule has 1 unspecified atom stereocenters. The summed E-state index contributed by atoms with van der Waals surface area (Å²) in [5.41, 5.74) is 7.60. The van der Waals surface area contributed by atoms with Crippen LogP contribution in [0.25, 0.3) is 5.57 Å². The maximum atomic E-state index is 6.10. The van der Waals surface area contributed by atoms with E-state index in [1.54, 1.807) is 0 Å². The molecule has 0 N–H and O–H groups in total. The second kappa shape index (κ2) is 9.60. The van der Waals surface area contributed by atoms with Gasteiger partial charge in [-0.1, -0.05) is 0 Å². The first kappa shape index (κ1) is 24.0. The molecule has 1 aliphatic carbocycles. The summed E-state index contributed by atoms with van der Waals surface area (Å²) in [7, 11) is 0. The first-order chi connectivity index (χ1) is 10.2. The van der Waals surface area contributed by atoms with E-state index in [1.165, 1.54) is 31.7 Å². The maximum Gasteiger partial charge on any atom is -0.147 e. The molecule has 2 rings (SSSR count). The first-order valence-corrected chi connectivity index (χ1v) is 9.50. The monoisotopic (exact) mass is 404 g/mol. The normalized spacial score (nSPS) is 17.5. The third-order valence-electron chi connectivity index (χ3n) is 4.55. The fourth-order valence-corrected chi connectivity index (χ4v) is 4.74. The van der Waals surface area contributed by atoms with E-state index in [-0.39, 0.29) is 30.2 Å². The van der Waals surface area contributed by atoms with E-state index in [4.69, 9.17) is 3.32 Å². The van der Waals surface area contributed by atoms with Crippen molar-refractivity contribution in [3.8, 4) is 0 Å². The fraction of sp³-hybridized carbons (Fsp3) is 0.500. The first-order valence-electron chi connectivity index (χ1n) is 8.08. The van der Waals surface area contributed by atoms with Crippen molar-refractivity contribution in [3.05, 3.63) is 46.5 Å². The van der Waals surface area contributed by atoms with Gasteiger partial charge in [0.1, 0.15) is 0 Å². The van der Waals surface area contributed by atoms with E-state index in [9.17, 15) is 0 Å². The van der Waals surface area contributed by atoms with Crippen LogP contribution in [0.15, 0.2) is 41.0 Å². The Morgan fingerprint density at radius 1 is 1.00 bits per heavy atom. The van der Waals surface area contributed by atoms with Crippen LogP contribution in [0, 0.1) is 11.3 Å². The van der Waals surface area contributed by atoms with Crippen LogP contribution in [-0.4, -0.2) is 6.61 Å². The smallest absolute Gasteiger partial charge is 0.147 e. The number of hydrogen-bond acceptors (Lipinski definition) is 1. The number of allylic oxidation sites excluding steroid dienone is 4. The summed E-state index contributed by atoms with van der Waals surface area (Å²) >= 11 is -0.548. The van der Waals surface area contributed by atoms with Crippen molar-refractivity contribution < 1.29 is 22.9 Å². The summed E-state index contributed by atoms with van der Waals surface area (Å²) in [5, 5.41) is 0. The quantitative estimate of drug-likeness (QED) is 0.561. The summed E-state index contributed by atoms with van der Waals surface area (Å²) < 4.78 is 7.52. The van der Waals surface area contributed by atoms with Gasteiger partial charge in [0.25, 0.3) is 0 Å². The zero-order valence-electron chi connectivity index (χ0n) is 15.8. The van der Waals surface area contributed by atoms with Gasteiger partial charge in [0.2, 0.25) is 0 Å². The van der Waals surface area contributed by atoms with Crippen molar-refractivity contribution in [1.29, 1.82) is 0 Å². The summed E-state index contributed by atoms with van der Waals surface area (Å²) in [6.07, 6.45) is 0. The Hall–Kier alpha value is -0.0457. The molecule has 0 spiro atoms. The van der Waals surface area contributed by atoms with E-state index in [0.717, 1.165) is 6.61 Å². The second-order valence-electron chi connectivity index (χ2n) is 7.57. The molecule has 1 aliphatic rings. The van der Waals surface area contributed by atoms with E-state index >= 15 is 0 Å². The molecule has 0 saturated carbocycles. The van der Waals surface area contributed by atoms with Crippen LogP contribution in [0.5, 0.6) is 0 Å². The molecule has 0 saturated heterocycles. The predicted octanol–water partition coefficient (Wildman–Crippen LogP) is 5.98. The fourth-order valence-electron chi connectivity index (χ4n) is 2.94. The SMILES string of the molecule is CC1=C(C)C(C)C(c2cccc[c]2[Ti][O]CC(C)(C)C)=C1C.Cl.Cl. The molecule has 0 aromatic heterocycles. The average Bonchev–Trinajstić information content (AvgIpc) is 2.63. The van der Waals surface area contributed by atoms with Gasteiger partial charge in [-0.15, -0.1) is 24.8 Å². The zero-order chi connectivity index (χ0) is 16.5. The van der Waals surface area contributed by atoms with Crippen molar-refractivity contribution in [2.75, 3.05) is 6.61 Å². The van der Waals surface area contributed by atoms with E-state index in [2.05, 4.69) is 72.7 Å². The van der Waals surface area contributed by atoms with Crippen molar-refractivity contribution in [1.82, 2.24) is 0 Å². The van der Waals surface area contributed by atoms with Gasteiger partial charge in [-0.05, 0) is 0 Å². The standard InChI is InChI=1S/C15H17.C5H11O.2ClH.Ti/c1-10-11(2)13(4)15(12(10)3)14-8-6-5-7-9-14;1-5(2,3)4-6;;;/h5-8,12H,1-4H3;4H2,1-3H3;2*1H;/q;-1;;;+1. The van der Waals surface area contributed by atoms with E-state index < -0.39 is 19.5 Å². The van der Waals surface area contributed by atoms with Crippen LogP contribution in [0.3, 0.4) is 0 Å². The molecule has 1 nitrogen and oxygen atoms in total. The van der Waals surface area contributed by atoms with Crippen molar-refractivity contribution in [2.24, 2.45) is 11.3 Å². The van der Waals surface area contributed by atoms with Crippen LogP contribution in [0.1, 0.15) is 54.0 Å². The van der Waals surface area contributed by atoms with Crippen LogP contribution in [0.2, 0.25) is 0 Å². The van der Waals surface area contributed by atoms with Crippen molar-refractivity contribution in [2.45, 2.75) is 48.5 Å². The zero-order valence-corrected chi connectivity index (χ0v) is 19.0. The Bertz CT molecular complexity index is 627. The molecule has 0 fully saturated rings. The second-order valence-corrected chi connectivity index (χ2v) is 9.18. The molecule has 24 heavy (non-hydrogen) atoms. The molecule has 1 aromatic rings. The minimum absolute atomic E-state index is 0. The minimum Gasteiger partial charge on any atom is -0.147 e. The van der Waals surface area contributed by atoms with E-state index in [0.29, 0.717) is 5.92 Å². The summed E-state index contributed by atoms with van der Waals surface area (Å²) in [6.45, 7) is 16.6. The van der Waals surface area contributed by atoms with Crippen molar-refractivity contribution in [3.63, 3.8) is 0 Å². The molecule has 1 aromatic carbocycles. The Balaban J connectivity index is 0.00000264. The Morgan fingerprint density at radius 2 is 1.58 bits per heavy atom. The number of rotatable bonds is 4. The summed E-state index contributed by atoms with van der Waals surface area (Å²) in [5.74, 6) is 0.523.